The van der Waals surface area contributed by atoms with E-state index >= 15 is 0 Å². The third kappa shape index (κ3) is 4.39. The molecular formula is C13H11N3O4S. The summed E-state index contributed by atoms with van der Waals surface area (Å²) in [5, 5.41) is 16.4. The molecule has 1 aromatic carbocycles. The predicted molar refractivity (Wildman–Crippen MR) is 78.6 cm³/mol. The molecule has 1 aromatic heterocycles. The Bertz CT molecular complexity index is 655. The molecule has 21 heavy (non-hydrogen) atoms. The summed E-state index contributed by atoms with van der Waals surface area (Å²) in [6, 6.07) is 9.57. The van der Waals surface area contributed by atoms with Crippen LogP contribution in [0.25, 0.3) is 0 Å². The molecule has 0 aliphatic rings. The van der Waals surface area contributed by atoms with Gasteiger partial charge in [-0.25, -0.2) is 5.43 Å². The van der Waals surface area contributed by atoms with Crippen LogP contribution >= 0.6 is 11.3 Å². The number of carbonyl (C=O) groups excluding carboxylic acids is 1. The number of amides is 1. The van der Waals surface area contributed by atoms with Crippen molar-refractivity contribution in [3.63, 3.8) is 0 Å². The van der Waals surface area contributed by atoms with E-state index < -0.39 is 10.8 Å². The van der Waals surface area contributed by atoms with E-state index in [4.69, 9.17) is 4.74 Å². The van der Waals surface area contributed by atoms with Crippen molar-refractivity contribution in [2.24, 2.45) is 5.10 Å². The zero-order valence-corrected chi connectivity index (χ0v) is 11.6. The number of nitro benzene ring substituents is 1. The highest BCUT2D eigenvalue weighted by Crippen LogP contribution is 2.25. The van der Waals surface area contributed by atoms with E-state index in [0.717, 1.165) is 4.88 Å². The molecule has 2 rings (SSSR count). The van der Waals surface area contributed by atoms with Gasteiger partial charge < -0.3 is 4.74 Å². The Morgan fingerprint density at radius 1 is 1.38 bits per heavy atom. The van der Waals surface area contributed by atoms with Gasteiger partial charge >= 0.3 is 5.69 Å². The first kappa shape index (κ1) is 14.7. The number of nitro groups is 1. The number of rotatable bonds is 6. The number of ether oxygens (including phenoxy) is 1. The van der Waals surface area contributed by atoms with Gasteiger partial charge in [-0.1, -0.05) is 18.2 Å². The third-order valence-electron chi connectivity index (χ3n) is 2.34. The summed E-state index contributed by atoms with van der Waals surface area (Å²) < 4.78 is 5.12. The van der Waals surface area contributed by atoms with Crippen LogP contribution in [0.4, 0.5) is 5.69 Å². The Morgan fingerprint density at radius 2 is 2.19 bits per heavy atom. The van der Waals surface area contributed by atoms with Crippen LogP contribution in [-0.4, -0.2) is 23.7 Å². The molecule has 0 spiro atoms. The second kappa shape index (κ2) is 7.15. The molecule has 0 bridgehead atoms. The number of carbonyl (C=O) groups is 1. The fourth-order valence-corrected chi connectivity index (χ4v) is 2.02. The van der Waals surface area contributed by atoms with E-state index in [-0.39, 0.29) is 18.0 Å². The molecule has 0 saturated carbocycles. The lowest BCUT2D eigenvalue weighted by Gasteiger charge is -2.05. The summed E-state index contributed by atoms with van der Waals surface area (Å²) >= 11 is 1.48. The van der Waals surface area contributed by atoms with Crippen LogP contribution < -0.4 is 10.2 Å². The quantitative estimate of drug-likeness (QED) is 0.503. The molecule has 1 amide bonds. The number of nitrogens with one attached hydrogen (secondary N) is 1. The van der Waals surface area contributed by atoms with E-state index in [2.05, 4.69) is 10.5 Å². The smallest absolute Gasteiger partial charge is 0.310 e. The molecule has 8 heteroatoms. The normalized spacial score (nSPS) is 10.5. The average Bonchev–Trinajstić information content (AvgIpc) is 2.98. The molecule has 0 radical (unpaired) electrons. The maximum atomic E-state index is 11.5. The van der Waals surface area contributed by atoms with Crippen LogP contribution in [0.5, 0.6) is 5.75 Å². The largest absolute Gasteiger partial charge is 0.477 e. The van der Waals surface area contributed by atoms with Gasteiger partial charge in [-0.05, 0) is 17.5 Å². The molecule has 2 aromatic rings. The van der Waals surface area contributed by atoms with Crippen molar-refractivity contribution in [2.45, 2.75) is 0 Å². The van der Waals surface area contributed by atoms with Crippen molar-refractivity contribution in [2.75, 3.05) is 6.61 Å². The van der Waals surface area contributed by atoms with Crippen molar-refractivity contribution < 1.29 is 14.5 Å². The van der Waals surface area contributed by atoms with Gasteiger partial charge in [-0.3, -0.25) is 14.9 Å². The molecule has 7 nitrogen and oxygen atoms in total. The lowest BCUT2D eigenvalue weighted by Crippen LogP contribution is -2.24. The summed E-state index contributed by atoms with van der Waals surface area (Å²) in [6.07, 6.45) is 1.51. The first-order valence-corrected chi connectivity index (χ1v) is 6.76. The second-order valence-corrected chi connectivity index (χ2v) is 4.80. The van der Waals surface area contributed by atoms with Gasteiger partial charge in [0.15, 0.2) is 12.4 Å². The lowest BCUT2D eigenvalue weighted by atomic mass is 10.3. The van der Waals surface area contributed by atoms with Gasteiger partial charge in [-0.15, -0.1) is 11.3 Å². The summed E-state index contributed by atoms with van der Waals surface area (Å²) in [6.45, 7) is -0.355. The van der Waals surface area contributed by atoms with Crippen LogP contribution in [0.2, 0.25) is 0 Å². The van der Waals surface area contributed by atoms with E-state index in [1.165, 1.54) is 35.8 Å². The Balaban J connectivity index is 1.85. The number of hydrogen-bond acceptors (Lipinski definition) is 6. The highest BCUT2D eigenvalue weighted by molar-refractivity contribution is 7.11. The van der Waals surface area contributed by atoms with Gasteiger partial charge in [0.25, 0.3) is 5.91 Å². The lowest BCUT2D eigenvalue weighted by molar-refractivity contribution is -0.385. The number of benzene rings is 1. The monoisotopic (exact) mass is 305 g/mol. The Kier molecular flexibility index (Phi) is 4.99. The van der Waals surface area contributed by atoms with Gasteiger partial charge in [-0.2, -0.15) is 5.10 Å². The number of hydrazone groups is 1. The Hall–Kier alpha value is -2.74. The van der Waals surface area contributed by atoms with E-state index in [0.29, 0.717) is 0 Å². The number of hydrogen-bond donors (Lipinski definition) is 1. The van der Waals surface area contributed by atoms with Crippen molar-refractivity contribution in [3.05, 3.63) is 56.8 Å². The molecule has 1 heterocycles. The van der Waals surface area contributed by atoms with Gasteiger partial charge in [0.2, 0.25) is 0 Å². The summed E-state index contributed by atoms with van der Waals surface area (Å²) in [5.41, 5.74) is 2.09. The van der Waals surface area contributed by atoms with Crippen LogP contribution in [0.3, 0.4) is 0 Å². The molecule has 0 atom stereocenters. The average molecular weight is 305 g/mol. The van der Waals surface area contributed by atoms with Crippen LogP contribution in [-0.2, 0) is 4.79 Å². The predicted octanol–water partition coefficient (Wildman–Crippen LogP) is 2.19. The maximum absolute atomic E-state index is 11.5. The van der Waals surface area contributed by atoms with Crippen molar-refractivity contribution in [3.8, 4) is 5.75 Å². The molecule has 0 fully saturated rings. The highest BCUT2D eigenvalue weighted by Gasteiger charge is 2.14. The first-order valence-electron chi connectivity index (χ1n) is 5.88. The highest BCUT2D eigenvalue weighted by atomic mass is 32.1. The Morgan fingerprint density at radius 3 is 2.90 bits per heavy atom. The zero-order chi connectivity index (χ0) is 15.1. The fourth-order valence-electron chi connectivity index (χ4n) is 1.44. The molecule has 0 aliphatic carbocycles. The van der Waals surface area contributed by atoms with Crippen molar-refractivity contribution >= 4 is 29.1 Å². The SMILES string of the molecule is O=C(COc1ccccc1[N+](=O)[O-])N/N=C/c1cccs1. The van der Waals surface area contributed by atoms with Gasteiger partial charge in [0, 0.05) is 10.9 Å². The fraction of sp³-hybridized carbons (Fsp3) is 0.0769. The standard InChI is InChI=1S/C13H11N3O4S/c17-13(15-14-8-10-4-3-7-21-10)9-20-12-6-2-1-5-11(12)16(18)19/h1-8H,9H2,(H,15,17)/b14-8+. The summed E-state index contributed by atoms with van der Waals surface area (Å²) in [4.78, 5) is 22.6. The molecule has 0 saturated heterocycles. The Labute approximate surface area is 124 Å². The van der Waals surface area contributed by atoms with Crippen LogP contribution in [0.1, 0.15) is 4.88 Å². The maximum Gasteiger partial charge on any atom is 0.310 e. The second-order valence-electron chi connectivity index (χ2n) is 3.82. The first-order chi connectivity index (χ1) is 10.2. The third-order valence-corrected chi connectivity index (χ3v) is 3.15. The van der Waals surface area contributed by atoms with Crippen molar-refractivity contribution in [1.82, 2.24) is 5.43 Å². The number of para-hydroxylation sites is 2. The van der Waals surface area contributed by atoms with Gasteiger partial charge in [0.05, 0.1) is 11.1 Å². The molecule has 108 valence electrons. The minimum Gasteiger partial charge on any atom is -0.477 e. The van der Waals surface area contributed by atoms with E-state index in [1.54, 1.807) is 6.07 Å². The van der Waals surface area contributed by atoms with E-state index in [9.17, 15) is 14.9 Å². The minimum atomic E-state index is -0.567. The molecular weight excluding hydrogens is 294 g/mol. The number of nitrogens with zero attached hydrogens (tertiary/aromatic N) is 2. The van der Waals surface area contributed by atoms with E-state index in [1.807, 2.05) is 17.5 Å². The number of thiophene rings is 1. The van der Waals surface area contributed by atoms with Crippen molar-refractivity contribution in [1.29, 1.82) is 0 Å². The zero-order valence-electron chi connectivity index (χ0n) is 10.8. The molecule has 0 unspecified atom stereocenters. The molecule has 1 N–H and O–H groups in total. The van der Waals surface area contributed by atoms with Crippen LogP contribution in [0.15, 0.2) is 46.9 Å². The molecule has 0 aliphatic heterocycles. The minimum absolute atomic E-state index is 0.0416. The summed E-state index contributed by atoms with van der Waals surface area (Å²) in [7, 11) is 0. The topological polar surface area (TPSA) is 93.8 Å². The summed E-state index contributed by atoms with van der Waals surface area (Å²) in [5.74, 6) is -0.458. The van der Waals surface area contributed by atoms with Gasteiger partial charge in [0.1, 0.15) is 0 Å². The van der Waals surface area contributed by atoms with Crippen LogP contribution in [0, 0.1) is 10.1 Å².